The van der Waals surface area contributed by atoms with Crippen molar-refractivity contribution in [1.29, 1.82) is 0 Å². The number of aliphatic hydroxyl groups is 2. The third-order valence-electron chi connectivity index (χ3n) is 5.33. The molecule has 1 aromatic rings. The molecule has 3 rings (SSSR count). The first-order chi connectivity index (χ1) is 15.8. The van der Waals surface area contributed by atoms with E-state index in [1.165, 1.54) is 28.0 Å². The lowest BCUT2D eigenvalue weighted by Crippen LogP contribution is -2.63. The van der Waals surface area contributed by atoms with Gasteiger partial charge in [-0.05, 0) is 24.8 Å². The van der Waals surface area contributed by atoms with Gasteiger partial charge in [-0.25, -0.2) is 14.6 Å². The monoisotopic (exact) mass is 498 g/mol. The number of nitrogens with zero attached hydrogens (tertiary/aromatic N) is 2. The molecule has 1 saturated heterocycles. The number of thioether (sulfide) groups is 1. The number of fused-ring (bicyclic) bond motifs is 1. The zero-order valence-electron chi connectivity index (χ0n) is 18.4. The van der Waals surface area contributed by atoms with Gasteiger partial charge in [0.15, 0.2) is 0 Å². The Morgan fingerprint density at radius 3 is 2.79 bits per heavy atom. The number of carbonyl (C=O) groups excluding carboxylic acids is 3. The number of esters is 1. The highest BCUT2D eigenvalue weighted by molar-refractivity contribution is 8.06. The van der Waals surface area contributed by atoms with Crippen LogP contribution in [0.4, 0.5) is 4.79 Å². The third-order valence-corrected chi connectivity index (χ3v) is 7.26. The fourth-order valence-electron chi connectivity index (χ4n) is 3.80. The van der Waals surface area contributed by atoms with Crippen molar-refractivity contribution in [3.63, 3.8) is 0 Å². The van der Waals surface area contributed by atoms with Gasteiger partial charge in [-0.3, -0.25) is 4.79 Å². The molecule has 0 aliphatic carbocycles. The van der Waals surface area contributed by atoms with Gasteiger partial charge < -0.3 is 29.3 Å². The summed E-state index contributed by atoms with van der Waals surface area (Å²) in [5.41, 5.74) is 2.24. The largest absolute Gasteiger partial charge is 0.511 e. The first-order valence-corrected chi connectivity index (χ1v) is 12.2. The van der Waals surface area contributed by atoms with Crippen LogP contribution < -0.4 is 0 Å². The molecule has 2 aliphatic heterocycles. The van der Waals surface area contributed by atoms with Crippen molar-refractivity contribution in [1.82, 2.24) is 9.88 Å². The number of carbonyl (C=O) groups is 3. The molecule has 12 heteroatoms. The minimum absolute atomic E-state index is 0.0706. The Balaban J connectivity index is 1.76. The molecule has 2 N–H and O–H groups in total. The molecule has 3 heterocycles. The average molecular weight is 499 g/mol. The Kier molecular flexibility index (Phi) is 8.51. The molecule has 0 spiro atoms. The van der Waals surface area contributed by atoms with Crippen molar-refractivity contribution < 1.29 is 38.8 Å². The van der Waals surface area contributed by atoms with E-state index in [0.29, 0.717) is 17.0 Å². The summed E-state index contributed by atoms with van der Waals surface area (Å²) in [6.07, 6.45) is 0.580. The number of β-lactam (4-membered cyclic amide) rings is 1. The number of aliphatic hydroxyl groups excluding tert-OH is 2. The highest BCUT2D eigenvalue weighted by Gasteiger charge is 2.60. The van der Waals surface area contributed by atoms with Crippen LogP contribution >= 0.6 is 23.1 Å². The van der Waals surface area contributed by atoms with Gasteiger partial charge in [0.2, 0.25) is 12.7 Å². The molecule has 4 atom stereocenters. The van der Waals surface area contributed by atoms with Crippen LogP contribution in [0.1, 0.15) is 37.8 Å². The van der Waals surface area contributed by atoms with E-state index >= 15 is 0 Å². The summed E-state index contributed by atoms with van der Waals surface area (Å²) in [4.78, 5) is 43.8. The second kappa shape index (κ2) is 11.1. The van der Waals surface area contributed by atoms with Gasteiger partial charge in [-0.2, -0.15) is 0 Å². The molecule has 0 unspecified atom stereocenters. The molecule has 2 aliphatic rings. The molecule has 180 valence electrons. The average Bonchev–Trinajstić information content (AvgIpc) is 3.32. The van der Waals surface area contributed by atoms with Crippen LogP contribution in [-0.4, -0.2) is 63.7 Å². The third kappa shape index (κ3) is 5.24. The van der Waals surface area contributed by atoms with E-state index in [2.05, 4.69) is 4.98 Å². The summed E-state index contributed by atoms with van der Waals surface area (Å²) < 4.78 is 14.6. The van der Waals surface area contributed by atoms with Crippen LogP contribution in [0, 0.1) is 11.8 Å². The molecule has 0 bridgehead atoms. The smallest absolute Gasteiger partial charge is 0.434 e. The van der Waals surface area contributed by atoms with E-state index in [-0.39, 0.29) is 36.8 Å². The quantitative estimate of drug-likeness (QED) is 0.281. The molecule has 1 aromatic heterocycles. The maximum Gasteiger partial charge on any atom is 0.511 e. The van der Waals surface area contributed by atoms with E-state index in [9.17, 15) is 24.6 Å². The molecule has 1 amide bonds. The molecule has 0 aromatic carbocycles. The fourth-order valence-corrected chi connectivity index (χ4v) is 5.58. The maximum atomic E-state index is 12.9. The van der Waals surface area contributed by atoms with Crippen LogP contribution in [0.5, 0.6) is 0 Å². The number of ether oxygens (including phenoxy) is 3. The number of hydrogen-bond acceptors (Lipinski definition) is 11. The number of rotatable bonds is 10. The van der Waals surface area contributed by atoms with Crippen LogP contribution in [-0.2, 0) is 30.4 Å². The van der Waals surface area contributed by atoms with Crippen molar-refractivity contribution in [2.24, 2.45) is 11.8 Å². The Hall–Kier alpha value is -2.41. The van der Waals surface area contributed by atoms with Crippen LogP contribution in [0.2, 0.25) is 0 Å². The fraction of sp³-hybridized carbons (Fsp3) is 0.524. The maximum absolute atomic E-state index is 12.9. The minimum atomic E-state index is -0.952. The van der Waals surface area contributed by atoms with Gasteiger partial charge in [-0.15, -0.1) is 11.3 Å². The highest BCUT2D eigenvalue weighted by atomic mass is 32.2. The zero-order chi connectivity index (χ0) is 24.1. The van der Waals surface area contributed by atoms with Crippen molar-refractivity contribution in [3.8, 4) is 0 Å². The Morgan fingerprint density at radius 1 is 1.36 bits per heavy atom. The zero-order valence-corrected chi connectivity index (χ0v) is 20.1. The standard InChI is InChI=1S/C21H26N2O8S2/c1-4-6-29-21(28)31-10-30-20(27)17-18(32-7-5-14-13(8-24)22-9-33-14)11(2)16-15(12(3)25)19(26)23(16)17/h5,7,9,11-12,15-16,24-25H,4,6,8,10H2,1-3H3/t11-,12-,15-,16-/m1/s1. The van der Waals surface area contributed by atoms with Crippen LogP contribution in [0.25, 0.3) is 6.08 Å². The van der Waals surface area contributed by atoms with E-state index in [1.54, 1.807) is 23.9 Å². The minimum Gasteiger partial charge on any atom is -0.434 e. The van der Waals surface area contributed by atoms with Crippen molar-refractivity contribution >= 4 is 47.2 Å². The summed E-state index contributed by atoms with van der Waals surface area (Å²) in [6.45, 7) is 4.60. The molecular weight excluding hydrogens is 472 g/mol. The first kappa shape index (κ1) is 25.2. The number of aromatic nitrogens is 1. The molecule has 0 saturated carbocycles. The second-order valence-corrected chi connectivity index (χ2v) is 9.34. The lowest BCUT2D eigenvalue weighted by atomic mass is 9.79. The number of amides is 1. The SMILES string of the molecule is CCCOC(=O)OCOC(=O)C1=C(SC=Cc2scnc2CO)[C@H](C)[C@@H]2[C@@H]([C@@H](C)O)C(=O)N12. The van der Waals surface area contributed by atoms with E-state index in [1.807, 2.05) is 13.8 Å². The number of thiazole rings is 1. The van der Waals surface area contributed by atoms with Gasteiger partial charge in [0.25, 0.3) is 0 Å². The molecular formula is C21H26N2O8S2. The molecule has 1 fully saturated rings. The second-order valence-electron chi connectivity index (χ2n) is 7.50. The van der Waals surface area contributed by atoms with Gasteiger partial charge >= 0.3 is 12.1 Å². The first-order valence-electron chi connectivity index (χ1n) is 10.4. The van der Waals surface area contributed by atoms with Crippen molar-refractivity contribution in [2.75, 3.05) is 13.4 Å². The van der Waals surface area contributed by atoms with Crippen molar-refractivity contribution in [3.05, 3.63) is 32.1 Å². The summed E-state index contributed by atoms with van der Waals surface area (Å²) in [6, 6.07) is -0.372. The number of hydrogen-bond donors (Lipinski definition) is 2. The summed E-state index contributed by atoms with van der Waals surface area (Å²) in [5, 5.41) is 21.1. The predicted molar refractivity (Wildman–Crippen MR) is 120 cm³/mol. The van der Waals surface area contributed by atoms with E-state index in [0.717, 1.165) is 4.88 Å². The van der Waals surface area contributed by atoms with Gasteiger partial charge in [0, 0.05) is 10.8 Å². The van der Waals surface area contributed by atoms with Crippen LogP contribution in [0.3, 0.4) is 0 Å². The lowest BCUT2D eigenvalue weighted by molar-refractivity contribution is -0.166. The predicted octanol–water partition coefficient (Wildman–Crippen LogP) is 2.47. The Labute approximate surface area is 199 Å². The van der Waals surface area contributed by atoms with E-state index in [4.69, 9.17) is 14.2 Å². The highest BCUT2D eigenvalue weighted by Crippen LogP contribution is 2.51. The van der Waals surface area contributed by atoms with Gasteiger partial charge in [0.05, 0.1) is 47.4 Å². The Morgan fingerprint density at radius 2 is 2.12 bits per heavy atom. The van der Waals surface area contributed by atoms with E-state index < -0.39 is 30.9 Å². The topological polar surface area (TPSA) is 135 Å². The van der Waals surface area contributed by atoms with Crippen molar-refractivity contribution in [2.45, 2.75) is 45.9 Å². The Bertz CT molecular complexity index is 958. The lowest BCUT2D eigenvalue weighted by Gasteiger charge is -2.46. The normalized spacial score (nSPS) is 22.9. The molecule has 10 nitrogen and oxygen atoms in total. The molecule has 0 radical (unpaired) electrons. The summed E-state index contributed by atoms with van der Waals surface area (Å²) in [5.74, 6) is -2.02. The van der Waals surface area contributed by atoms with Crippen LogP contribution in [0.15, 0.2) is 21.5 Å². The van der Waals surface area contributed by atoms with Gasteiger partial charge in [-0.1, -0.05) is 25.6 Å². The molecule has 33 heavy (non-hydrogen) atoms. The van der Waals surface area contributed by atoms with Gasteiger partial charge in [0.1, 0.15) is 5.70 Å². The summed E-state index contributed by atoms with van der Waals surface area (Å²) >= 11 is 2.61. The summed E-state index contributed by atoms with van der Waals surface area (Å²) in [7, 11) is 0.